The monoisotopic (exact) mass is 298 g/mol. The number of anilines is 1. The van der Waals surface area contributed by atoms with Gasteiger partial charge in [-0.15, -0.1) is 0 Å². The van der Waals surface area contributed by atoms with Crippen LogP contribution in [-0.4, -0.2) is 49.1 Å². The van der Waals surface area contributed by atoms with Gasteiger partial charge in [-0.1, -0.05) is 0 Å². The van der Waals surface area contributed by atoms with Crippen LogP contribution in [0.5, 0.6) is 11.5 Å². The lowest BCUT2D eigenvalue weighted by Crippen LogP contribution is -2.43. The number of carbonyl (C=O) groups excluding carboxylic acids is 1. The van der Waals surface area contributed by atoms with Crippen molar-refractivity contribution in [3.05, 3.63) is 18.2 Å². The van der Waals surface area contributed by atoms with E-state index in [4.69, 9.17) is 19.7 Å². The van der Waals surface area contributed by atoms with Crippen LogP contribution in [0.15, 0.2) is 18.2 Å². The Morgan fingerprint density at radius 2 is 2.00 bits per heavy atom. The number of amides is 2. The van der Waals surface area contributed by atoms with Gasteiger partial charge in [0.15, 0.2) is 0 Å². The minimum absolute atomic E-state index is 0.0853. The minimum Gasteiger partial charge on any atom is -0.497 e. The van der Waals surface area contributed by atoms with E-state index in [-0.39, 0.29) is 13.0 Å². The number of ether oxygens (including phenoxy) is 2. The van der Waals surface area contributed by atoms with E-state index in [9.17, 15) is 9.59 Å². The summed E-state index contributed by atoms with van der Waals surface area (Å²) < 4.78 is 10.1. The summed E-state index contributed by atoms with van der Waals surface area (Å²) >= 11 is 0. The first kappa shape index (κ1) is 16.6. The molecule has 0 aromatic heterocycles. The number of carboxylic acid groups (broad SMARTS) is 1. The standard InChI is InChI=1S/C13H18N2O6/c1-20-8-3-4-11(21-2)10(7-8)15-13(19)14-9(5-6-16)12(17)18/h3-4,7,9,16H,5-6H2,1-2H3,(H,17,18)(H2,14,15,19)/t9-/m1/s1. The molecule has 21 heavy (non-hydrogen) atoms. The molecule has 0 fully saturated rings. The molecule has 0 spiro atoms. The van der Waals surface area contributed by atoms with Gasteiger partial charge in [-0.2, -0.15) is 0 Å². The molecule has 0 saturated heterocycles. The van der Waals surface area contributed by atoms with Crippen molar-refractivity contribution in [2.45, 2.75) is 12.5 Å². The van der Waals surface area contributed by atoms with Crippen molar-refractivity contribution in [1.29, 1.82) is 0 Å². The predicted molar refractivity (Wildman–Crippen MR) is 74.8 cm³/mol. The molecule has 8 nitrogen and oxygen atoms in total. The highest BCUT2D eigenvalue weighted by molar-refractivity contribution is 5.93. The van der Waals surface area contributed by atoms with E-state index >= 15 is 0 Å². The summed E-state index contributed by atoms with van der Waals surface area (Å²) in [6, 6.07) is 2.92. The number of aliphatic hydroxyl groups excluding tert-OH is 1. The number of methoxy groups -OCH3 is 2. The maximum atomic E-state index is 11.8. The lowest BCUT2D eigenvalue weighted by atomic mass is 10.2. The van der Waals surface area contributed by atoms with Crippen molar-refractivity contribution in [2.24, 2.45) is 0 Å². The zero-order chi connectivity index (χ0) is 15.8. The Morgan fingerprint density at radius 3 is 2.52 bits per heavy atom. The topological polar surface area (TPSA) is 117 Å². The van der Waals surface area contributed by atoms with Gasteiger partial charge < -0.3 is 30.3 Å². The zero-order valence-electron chi connectivity index (χ0n) is 11.8. The summed E-state index contributed by atoms with van der Waals surface area (Å²) in [6.45, 7) is -0.347. The quantitative estimate of drug-likeness (QED) is 0.587. The maximum Gasteiger partial charge on any atom is 0.326 e. The lowest BCUT2D eigenvalue weighted by molar-refractivity contribution is -0.139. The molecular weight excluding hydrogens is 280 g/mol. The normalized spacial score (nSPS) is 11.4. The largest absolute Gasteiger partial charge is 0.497 e. The van der Waals surface area contributed by atoms with E-state index in [0.29, 0.717) is 17.2 Å². The molecule has 1 aromatic rings. The fourth-order valence-electron chi connectivity index (χ4n) is 1.61. The highest BCUT2D eigenvalue weighted by Gasteiger charge is 2.19. The van der Waals surface area contributed by atoms with Crippen LogP contribution in [0.25, 0.3) is 0 Å². The van der Waals surface area contributed by atoms with Crippen LogP contribution < -0.4 is 20.1 Å². The van der Waals surface area contributed by atoms with Gasteiger partial charge in [0.05, 0.1) is 19.9 Å². The molecule has 1 atom stereocenters. The average molecular weight is 298 g/mol. The van der Waals surface area contributed by atoms with Gasteiger partial charge in [0.2, 0.25) is 0 Å². The molecule has 8 heteroatoms. The summed E-state index contributed by atoms with van der Waals surface area (Å²) in [6.07, 6.45) is -0.0853. The molecule has 0 heterocycles. The third-order valence-corrected chi connectivity index (χ3v) is 2.68. The smallest absolute Gasteiger partial charge is 0.326 e. The highest BCUT2D eigenvalue weighted by atomic mass is 16.5. The van der Waals surface area contributed by atoms with Crippen LogP contribution >= 0.6 is 0 Å². The Hall–Kier alpha value is -2.48. The second-order valence-electron chi connectivity index (χ2n) is 4.07. The van der Waals surface area contributed by atoms with E-state index in [0.717, 1.165) is 0 Å². The summed E-state index contributed by atoms with van der Waals surface area (Å²) in [4.78, 5) is 22.7. The first-order valence-corrected chi connectivity index (χ1v) is 6.15. The second-order valence-corrected chi connectivity index (χ2v) is 4.07. The number of carbonyl (C=O) groups is 2. The second kappa shape index (κ2) is 7.95. The Kier molecular flexibility index (Phi) is 6.28. The van der Waals surface area contributed by atoms with Gasteiger partial charge in [-0.05, 0) is 12.1 Å². The molecule has 2 amide bonds. The molecule has 116 valence electrons. The van der Waals surface area contributed by atoms with Gasteiger partial charge in [-0.25, -0.2) is 9.59 Å². The third kappa shape index (κ3) is 4.84. The number of benzene rings is 1. The molecule has 4 N–H and O–H groups in total. The first-order chi connectivity index (χ1) is 10.0. The van der Waals surface area contributed by atoms with E-state index in [1.807, 2.05) is 0 Å². The number of nitrogens with one attached hydrogen (secondary N) is 2. The SMILES string of the molecule is COc1ccc(OC)c(NC(=O)N[C@H](CCO)C(=O)O)c1. The van der Waals surface area contributed by atoms with Crippen molar-refractivity contribution in [3.8, 4) is 11.5 Å². The molecule has 0 unspecified atom stereocenters. The molecule has 0 radical (unpaired) electrons. The molecule has 0 bridgehead atoms. The first-order valence-electron chi connectivity index (χ1n) is 6.15. The molecule has 0 aliphatic carbocycles. The fraction of sp³-hybridized carbons (Fsp3) is 0.385. The van der Waals surface area contributed by atoms with Crippen LogP contribution in [0.4, 0.5) is 10.5 Å². The maximum absolute atomic E-state index is 11.8. The van der Waals surface area contributed by atoms with Crippen molar-refractivity contribution in [1.82, 2.24) is 5.32 Å². The lowest BCUT2D eigenvalue weighted by Gasteiger charge is -2.16. The van der Waals surface area contributed by atoms with Crippen LogP contribution in [-0.2, 0) is 4.79 Å². The van der Waals surface area contributed by atoms with Crippen molar-refractivity contribution >= 4 is 17.7 Å². The average Bonchev–Trinajstić information content (AvgIpc) is 2.46. The zero-order valence-corrected chi connectivity index (χ0v) is 11.8. The fourth-order valence-corrected chi connectivity index (χ4v) is 1.61. The van der Waals surface area contributed by atoms with Gasteiger partial charge in [-0.3, -0.25) is 0 Å². The number of hydrogen-bond donors (Lipinski definition) is 4. The van der Waals surface area contributed by atoms with Crippen LogP contribution in [0.3, 0.4) is 0 Å². The van der Waals surface area contributed by atoms with E-state index in [1.165, 1.54) is 14.2 Å². The number of hydrogen-bond acceptors (Lipinski definition) is 5. The van der Waals surface area contributed by atoms with Gasteiger partial charge in [0.25, 0.3) is 0 Å². The summed E-state index contributed by atoms with van der Waals surface area (Å²) in [5.41, 5.74) is 0.336. The minimum atomic E-state index is -1.23. The number of urea groups is 1. The Labute approximate surface area is 121 Å². The van der Waals surface area contributed by atoms with Crippen LogP contribution in [0.2, 0.25) is 0 Å². The molecule has 0 saturated carbocycles. The summed E-state index contributed by atoms with van der Waals surface area (Å²) in [5, 5.41) is 22.4. The highest BCUT2D eigenvalue weighted by Crippen LogP contribution is 2.28. The predicted octanol–water partition coefficient (Wildman–Crippen LogP) is 0.661. The van der Waals surface area contributed by atoms with E-state index < -0.39 is 18.0 Å². The van der Waals surface area contributed by atoms with Crippen LogP contribution in [0.1, 0.15) is 6.42 Å². The molecule has 0 aliphatic heterocycles. The number of rotatable bonds is 7. The Bertz CT molecular complexity index is 505. The molecule has 0 aliphatic rings. The number of aliphatic carboxylic acids is 1. The number of aliphatic hydroxyl groups is 1. The van der Waals surface area contributed by atoms with E-state index in [2.05, 4.69) is 10.6 Å². The van der Waals surface area contributed by atoms with Gasteiger partial charge in [0, 0.05) is 19.1 Å². The van der Waals surface area contributed by atoms with Gasteiger partial charge in [0.1, 0.15) is 17.5 Å². The van der Waals surface area contributed by atoms with Gasteiger partial charge >= 0.3 is 12.0 Å². The summed E-state index contributed by atoms with van der Waals surface area (Å²) in [7, 11) is 2.92. The van der Waals surface area contributed by atoms with Crippen molar-refractivity contribution in [2.75, 3.05) is 26.1 Å². The summed E-state index contributed by atoms with van der Waals surface area (Å²) in [5.74, 6) is -0.312. The third-order valence-electron chi connectivity index (χ3n) is 2.68. The van der Waals surface area contributed by atoms with Crippen molar-refractivity contribution in [3.63, 3.8) is 0 Å². The molecular formula is C13H18N2O6. The van der Waals surface area contributed by atoms with Crippen LogP contribution in [0, 0.1) is 0 Å². The Balaban J connectivity index is 2.79. The molecule has 1 aromatic carbocycles. The molecule has 1 rings (SSSR count). The number of carboxylic acids is 1. The van der Waals surface area contributed by atoms with Crippen molar-refractivity contribution < 1.29 is 29.3 Å². The van der Waals surface area contributed by atoms with E-state index in [1.54, 1.807) is 18.2 Å². The Morgan fingerprint density at radius 1 is 1.29 bits per heavy atom.